The lowest BCUT2D eigenvalue weighted by Crippen LogP contribution is -3.00. The quantitative estimate of drug-likeness (QED) is 0.0702. The fourth-order valence-electron chi connectivity index (χ4n) is 7.06. The van der Waals surface area contributed by atoms with Gasteiger partial charge in [-0.1, -0.05) is 123 Å². The lowest BCUT2D eigenvalue weighted by Gasteiger charge is -2.32. The van der Waals surface area contributed by atoms with E-state index in [4.69, 9.17) is 0 Å². The molecule has 6 heteroatoms. The second-order valence-corrected chi connectivity index (χ2v) is 15.7. The van der Waals surface area contributed by atoms with Crippen LogP contribution >= 0.6 is 0 Å². The summed E-state index contributed by atoms with van der Waals surface area (Å²) in [5.41, 5.74) is 4.46. The molecule has 0 radical (unpaired) electrons. The molecule has 0 saturated heterocycles. The van der Waals surface area contributed by atoms with Gasteiger partial charge >= 0.3 is 0 Å². The molecule has 1 aromatic carbocycles. The topological polar surface area (TPSA) is 3.88 Å². The van der Waals surface area contributed by atoms with Crippen molar-refractivity contribution in [2.45, 2.75) is 162 Å². The molecule has 0 aliphatic carbocycles. The van der Waals surface area contributed by atoms with Gasteiger partial charge in [0.05, 0.1) is 41.3 Å². The first-order chi connectivity index (χ1) is 21.7. The Morgan fingerprint density at radius 1 is 0.417 bits per heavy atom. The van der Waals surface area contributed by atoms with Gasteiger partial charge in [-0.15, -0.1) is 0 Å². The molecule has 0 aliphatic heterocycles. The molecule has 3 nitrogen and oxygen atoms in total. The van der Waals surface area contributed by atoms with E-state index in [1.807, 2.05) is 0 Å². The summed E-state index contributed by atoms with van der Waals surface area (Å²) in [5.74, 6) is 0. The average molecular weight is 863 g/mol. The second kappa shape index (κ2) is 30.4. The molecule has 280 valence electrons. The van der Waals surface area contributed by atoms with Crippen LogP contribution in [0, 0.1) is 0 Å². The van der Waals surface area contributed by atoms with Gasteiger partial charge in [-0.25, -0.2) is 4.57 Å². The molecule has 1 heterocycles. The predicted octanol–water partition coefficient (Wildman–Crippen LogP) is 2.03. The Balaban J connectivity index is 0. The van der Waals surface area contributed by atoms with E-state index < -0.39 is 0 Å². The molecule has 0 atom stereocenters. The van der Waals surface area contributed by atoms with Crippen molar-refractivity contribution < 1.29 is 64.5 Å². The largest absolute Gasteiger partial charge is 1.00 e. The first-order valence-electron chi connectivity index (χ1n) is 19.4. The van der Waals surface area contributed by atoms with E-state index in [0.717, 1.165) is 28.6 Å². The standard InChI is InChI=1S/C42H76N3.3BrH/c1-7-9-11-13-15-17-19-21-23-28-32-44(3,4)38-41-34-40(37-43-30-26-25-27-31-43)35-42(36-41)39-45(5,6)33-29-24-22-20-18-16-14-12-10-8-2;;;/h25-27,30-31,34-36H,7-24,28-29,32-33,37-39H2,1-6H3;3*1H/q+3;;;/p-3. The Morgan fingerprint density at radius 3 is 1.08 bits per heavy atom. The number of quaternary nitrogens is 2. The molecule has 48 heavy (non-hydrogen) atoms. The normalized spacial score (nSPS) is 11.5. The zero-order valence-corrected chi connectivity index (χ0v) is 37.0. The van der Waals surface area contributed by atoms with Gasteiger partial charge in [0.1, 0.15) is 13.1 Å². The monoisotopic (exact) mass is 859 g/mol. The van der Waals surface area contributed by atoms with Crippen molar-refractivity contribution in [1.29, 1.82) is 0 Å². The molecule has 1 aromatic heterocycles. The summed E-state index contributed by atoms with van der Waals surface area (Å²) in [6, 6.07) is 13.9. The first-order valence-corrected chi connectivity index (χ1v) is 19.4. The van der Waals surface area contributed by atoms with Crippen LogP contribution in [0.3, 0.4) is 0 Å². The van der Waals surface area contributed by atoms with E-state index in [9.17, 15) is 0 Å². The van der Waals surface area contributed by atoms with Crippen LogP contribution in [0.1, 0.15) is 159 Å². The van der Waals surface area contributed by atoms with Crippen molar-refractivity contribution in [3.8, 4) is 0 Å². The molecule has 2 aromatic rings. The summed E-state index contributed by atoms with van der Waals surface area (Å²) >= 11 is 0. The Hall–Kier alpha value is -0.270. The lowest BCUT2D eigenvalue weighted by atomic mass is 10.0. The van der Waals surface area contributed by atoms with Crippen molar-refractivity contribution in [1.82, 2.24) is 0 Å². The molecular formula is C42H76Br3N3. The maximum absolute atomic E-state index is 2.54. The minimum absolute atomic E-state index is 0. The van der Waals surface area contributed by atoms with Gasteiger partial charge in [-0.3, -0.25) is 0 Å². The SMILES string of the molecule is CCCCCCCCCCCC[N+](C)(C)Cc1cc(C[n+]2ccccc2)cc(C[N+](C)(C)CCCCCCCCCCCC)c1.[Br-].[Br-].[Br-]. The third kappa shape index (κ3) is 25.6. The van der Waals surface area contributed by atoms with Crippen molar-refractivity contribution in [3.05, 3.63) is 65.5 Å². The molecule has 0 amide bonds. The maximum atomic E-state index is 2.54. The van der Waals surface area contributed by atoms with E-state index in [0.29, 0.717) is 0 Å². The number of pyridine rings is 1. The van der Waals surface area contributed by atoms with E-state index >= 15 is 0 Å². The molecule has 2 rings (SSSR count). The molecule has 0 N–H and O–H groups in total. The summed E-state index contributed by atoms with van der Waals surface area (Å²) in [6.45, 7) is 10.3. The van der Waals surface area contributed by atoms with E-state index in [1.54, 1.807) is 0 Å². The van der Waals surface area contributed by atoms with E-state index in [2.05, 4.69) is 95.4 Å². The third-order valence-corrected chi connectivity index (χ3v) is 9.71. The van der Waals surface area contributed by atoms with Crippen LogP contribution < -0.4 is 55.5 Å². The van der Waals surface area contributed by atoms with Gasteiger partial charge in [0.15, 0.2) is 18.9 Å². The van der Waals surface area contributed by atoms with Crippen LogP contribution in [0.2, 0.25) is 0 Å². The van der Waals surface area contributed by atoms with Gasteiger partial charge in [0.2, 0.25) is 0 Å². The summed E-state index contributed by atoms with van der Waals surface area (Å²) < 4.78 is 4.47. The average Bonchev–Trinajstić information content (AvgIpc) is 2.99. The van der Waals surface area contributed by atoms with Crippen molar-refractivity contribution in [2.75, 3.05) is 41.3 Å². The summed E-state index contributed by atoms with van der Waals surface area (Å²) in [7, 11) is 9.77. The number of hydrogen-bond donors (Lipinski definition) is 0. The number of rotatable bonds is 28. The Kier molecular flexibility index (Phi) is 31.5. The van der Waals surface area contributed by atoms with Crippen LogP contribution in [0.4, 0.5) is 0 Å². The van der Waals surface area contributed by atoms with Crippen LogP contribution in [0.15, 0.2) is 48.8 Å². The fraction of sp³-hybridized carbons (Fsp3) is 0.738. The zero-order chi connectivity index (χ0) is 32.6. The van der Waals surface area contributed by atoms with Gasteiger partial charge in [-0.2, -0.15) is 0 Å². The Bertz CT molecular complexity index is 941. The third-order valence-electron chi connectivity index (χ3n) is 9.71. The molecule has 0 saturated carbocycles. The second-order valence-electron chi connectivity index (χ2n) is 15.7. The number of nitrogens with zero attached hydrogens (tertiary/aromatic N) is 3. The molecular weight excluding hydrogens is 786 g/mol. The van der Waals surface area contributed by atoms with Crippen LogP contribution in [-0.4, -0.2) is 50.2 Å². The number of aromatic nitrogens is 1. The zero-order valence-electron chi connectivity index (χ0n) is 32.3. The molecule has 0 bridgehead atoms. The highest BCUT2D eigenvalue weighted by Gasteiger charge is 2.20. The molecule has 0 spiro atoms. The Labute approximate surface area is 331 Å². The van der Waals surface area contributed by atoms with Gasteiger partial charge in [0.25, 0.3) is 0 Å². The van der Waals surface area contributed by atoms with Gasteiger partial charge < -0.3 is 59.9 Å². The van der Waals surface area contributed by atoms with Crippen LogP contribution in [-0.2, 0) is 19.6 Å². The highest BCUT2D eigenvalue weighted by molar-refractivity contribution is 5.29. The first kappa shape index (κ1) is 49.8. The van der Waals surface area contributed by atoms with Crippen LogP contribution in [0.5, 0.6) is 0 Å². The maximum Gasteiger partial charge on any atom is 0.173 e. The lowest BCUT2D eigenvalue weighted by molar-refractivity contribution is -0.904. The smallest absolute Gasteiger partial charge is 0.173 e. The van der Waals surface area contributed by atoms with E-state index in [-0.39, 0.29) is 50.9 Å². The van der Waals surface area contributed by atoms with E-state index in [1.165, 1.54) is 158 Å². The van der Waals surface area contributed by atoms with Crippen molar-refractivity contribution in [3.63, 3.8) is 0 Å². The highest BCUT2D eigenvalue weighted by atomic mass is 79.9. The summed E-state index contributed by atoms with van der Waals surface area (Å²) in [5, 5.41) is 0. The number of halogens is 3. The summed E-state index contributed by atoms with van der Waals surface area (Å²) in [4.78, 5) is 0. The fourth-order valence-corrected chi connectivity index (χ4v) is 7.06. The number of benzene rings is 1. The summed E-state index contributed by atoms with van der Waals surface area (Å²) in [6.07, 6.45) is 32.6. The van der Waals surface area contributed by atoms with Gasteiger partial charge in [-0.05, 0) is 43.9 Å². The Morgan fingerprint density at radius 2 is 0.729 bits per heavy atom. The minimum atomic E-state index is 0. The van der Waals surface area contributed by atoms with Crippen molar-refractivity contribution >= 4 is 0 Å². The number of unbranched alkanes of at least 4 members (excludes halogenated alkanes) is 18. The predicted molar refractivity (Wildman–Crippen MR) is 197 cm³/mol. The molecule has 0 aliphatic rings. The highest BCUT2D eigenvalue weighted by Crippen LogP contribution is 2.20. The molecule has 0 fully saturated rings. The van der Waals surface area contributed by atoms with Gasteiger partial charge in [0, 0.05) is 28.8 Å². The van der Waals surface area contributed by atoms with Crippen LogP contribution in [0.25, 0.3) is 0 Å². The minimum Gasteiger partial charge on any atom is -1.00 e. The van der Waals surface area contributed by atoms with Crippen molar-refractivity contribution in [2.24, 2.45) is 0 Å². The molecule has 0 unspecified atom stereocenters. The number of hydrogen-bond acceptors (Lipinski definition) is 0.